The molecule has 1 atom stereocenters. The second kappa shape index (κ2) is 4.87. The monoisotopic (exact) mass is 248 g/mol. The minimum Gasteiger partial charge on any atom is -0.448 e. The maximum absolute atomic E-state index is 12.0. The molecule has 6 heteroatoms. The molecular formula is C12H12N2O4. The molecular weight excluding hydrogens is 236 g/mol. The zero-order valence-corrected chi connectivity index (χ0v) is 9.75. The van der Waals surface area contributed by atoms with Crippen LogP contribution < -0.4 is 5.43 Å². The Balaban J connectivity index is 2.23. The molecule has 2 rings (SSSR count). The van der Waals surface area contributed by atoms with Gasteiger partial charge in [-0.2, -0.15) is 5.01 Å². The van der Waals surface area contributed by atoms with Gasteiger partial charge in [0.2, 0.25) is 0 Å². The van der Waals surface area contributed by atoms with Crippen molar-refractivity contribution in [2.24, 2.45) is 0 Å². The lowest BCUT2D eigenvalue weighted by Crippen LogP contribution is -2.41. The first kappa shape index (κ1) is 12.1. The maximum atomic E-state index is 12.0. The first-order valence-corrected chi connectivity index (χ1v) is 5.51. The fourth-order valence-electron chi connectivity index (χ4n) is 1.73. The van der Waals surface area contributed by atoms with Crippen LogP contribution in [0.15, 0.2) is 30.3 Å². The van der Waals surface area contributed by atoms with Crippen LogP contribution in [0.4, 0.5) is 4.79 Å². The Morgan fingerprint density at radius 1 is 1.33 bits per heavy atom. The molecule has 0 spiro atoms. The average Bonchev–Trinajstić information content (AvgIpc) is 2.66. The van der Waals surface area contributed by atoms with E-state index in [0.29, 0.717) is 10.6 Å². The fourth-order valence-corrected chi connectivity index (χ4v) is 1.73. The topological polar surface area (TPSA) is 75.7 Å². The summed E-state index contributed by atoms with van der Waals surface area (Å²) in [5.74, 6) is -2.14. The van der Waals surface area contributed by atoms with E-state index in [1.54, 1.807) is 37.3 Å². The standard InChI is InChI=1S/C12H12N2O4/c1-2-18-12(17)14-11(16)9(10(15)13-14)8-6-4-3-5-7-8/h3-7,9H,2H2,1H3,(H,13,15). The number of carbonyl (C=O) groups is 3. The third-order valence-electron chi connectivity index (χ3n) is 2.53. The number of hydrogen-bond acceptors (Lipinski definition) is 4. The Bertz CT molecular complexity index is 486. The number of carbonyl (C=O) groups excluding carboxylic acids is 3. The van der Waals surface area contributed by atoms with Crippen molar-refractivity contribution in [3.63, 3.8) is 0 Å². The van der Waals surface area contributed by atoms with E-state index in [4.69, 9.17) is 0 Å². The van der Waals surface area contributed by atoms with E-state index in [2.05, 4.69) is 10.2 Å². The predicted molar refractivity (Wildman–Crippen MR) is 61.2 cm³/mol. The molecule has 0 aromatic heterocycles. The first-order valence-electron chi connectivity index (χ1n) is 5.51. The van der Waals surface area contributed by atoms with Gasteiger partial charge in [0, 0.05) is 0 Å². The highest BCUT2D eigenvalue weighted by atomic mass is 16.6. The Hall–Kier alpha value is -2.37. The minimum atomic E-state index is -0.990. The molecule has 1 aromatic rings. The van der Waals surface area contributed by atoms with Crippen LogP contribution in [0.2, 0.25) is 0 Å². The van der Waals surface area contributed by atoms with E-state index in [9.17, 15) is 14.4 Å². The lowest BCUT2D eigenvalue weighted by molar-refractivity contribution is -0.128. The number of nitrogens with zero attached hydrogens (tertiary/aromatic N) is 1. The van der Waals surface area contributed by atoms with E-state index < -0.39 is 23.8 Å². The SMILES string of the molecule is CCOC(=O)N1NC(=O)C(c2ccccc2)C1=O. The van der Waals surface area contributed by atoms with Crippen LogP contribution in [0.1, 0.15) is 18.4 Å². The van der Waals surface area contributed by atoms with Gasteiger partial charge >= 0.3 is 6.09 Å². The van der Waals surface area contributed by atoms with E-state index in [1.165, 1.54) is 0 Å². The summed E-state index contributed by atoms with van der Waals surface area (Å²) < 4.78 is 4.68. The van der Waals surface area contributed by atoms with E-state index in [-0.39, 0.29) is 6.61 Å². The zero-order chi connectivity index (χ0) is 13.1. The zero-order valence-electron chi connectivity index (χ0n) is 9.75. The molecule has 1 aliphatic rings. The van der Waals surface area contributed by atoms with Crippen LogP contribution in [-0.2, 0) is 14.3 Å². The molecule has 0 aliphatic carbocycles. The smallest absolute Gasteiger partial charge is 0.436 e. The summed E-state index contributed by atoms with van der Waals surface area (Å²) in [7, 11) is 0. The normalized spacial score (nSPS) is 18.7. The molecule has 0 saturated carbocycles. The highest BCUT2D eigenvalue weighted by molar-refractivity contribution is 6.15. The van der Waals surface area contributed by atoms with Crippen molar-refractivity contribution < 1.29 is 19.1 Å². The Labute approximate surface area is 103 Å². The van der Waals surface area contributed by atoms with Crippen molar-refractivity contribution in [3.8, 4) is 0 Å². The molecule has 3 amide bonds. The van der Waals surface area contributed by atoms with Crippen molar-refractivity contribution in [2.45, 2.75) is 12.8 Å². The van der Waals surface area contributed by atoms with E-state index in [0.717, 1.165) is 0 Å². The van der Waals surface area contributed by atoms with Crippen LogP contribution in [0, 0.1) is 0 Å². The number of rotatable bonds is 2. The van der Waals surface area contributed by atoms with Crippen molar-refractivity contribution in [3.05, 3.63) is 35.9 Å². The number of imide groups is 1. The van der Waals surface area contributed by atoms with Crippen molar-refractivity contribution in [2.75, 3.05) is 6.61 Å². The second-order valence-electron chi connectivity index (χ2n) is 3.69. The molecule has 1 aromatic carbocycles. The van der Waals surface area contributed by atoms with E-state index in [1.807, 2.05) is 0 Å². The summed E-state index contributed by atoms with van der Waals surface area (Å²) in [6.07, 6.45) is -0.866. The minimum absolute atomic E-state index is 0.133. The quantitative estimate of drug-likeness (QED) is 0.785. The molecule has 1 heterocycles. The number of benzene rings is 1. The van der Waals surface area contributed by atoms with Gasteiger partial charge in [-0.1, -0.05) is 30.3 Å². The Morgan fingerprint density at radius 3 is 2.61 bits per heavy atom. The molecule has 1 N–H and O–H groups in total. The van der Waals surface area contributed by atoms with Gasteiger partial charge in [0.25, 0.3) is 11.8 Å². The maximum Gasteiger partial charge on any atom is 0.436 e. The van der Waals surface area contributed by atoms with Gasteiger partial charge < -0.3 is 4.74 Å². The fraction of sp³-hybridized carbons (Fsp3) is 0.250. The third kappa shape index (κ3) is 2.04. The lowest BCUT2D eigenvalue weighted by atomic mass is 9.99. The van der Waals surface area contributed by atoms with E-state index >= 15 is 0 Å². The average molecular weight is 248 g/mol. The van der Waals surface area contributed by atoms with Crippen LogP contribution >= 0.6 is 0 Å². The number of hydrogen-bond donors (Lipinski definition) is 1. The summed E-state index contributed by atoms with van der Waals surface area (Å²) in [6.45, 7) is 1.75. The van der Waals surface area contributed by atoms with Crippen molar-refractivity contribution in [1.82, 2.24) is 10.4 Å². The molecule has 1 saturated heterocycles. The van der Waals surface area contributed by atoms with Gasteiger partial charge in [-0.3, -0.25) is 15.0 Å². The summed E-state index contributed by atoms with van der Waals surface area (Å²) in [4.78, 5) is 35.1. The van der Waals surface area contributed by atoms with Gasteiger partial charge in [-0.05, 0) is 12.5 Å². The number of hydrazine groups is 1. The lowest BCUT2D eigenvalue weighted by Gasteiger charge is -2.12. The van der Waals surface area contributed by atoms with Crippen LogP contribution in [0.25, 0.3) is 0 Å². The van der Waals surface area contributed by atoms with Crippen LogP contribution in [0.3, 0.4) is 0 Å². The van der Waals surface area contributed by atoms with Gasteiger partial charge in [0.05, 0.1) is 6.61 Å². The largest absolute Gasteiger partial charge is 0.448 e. The predicted octanol–water partition coefficient (Wildman–Crippen LogP) is 0.800. The van der Waals surface area contributed by atoms with Crippen LogP contribution in [-0.4, -0.2) is 29.5 Å². The molecule has 1 unspecified atom stereocenters. The van der Waals surface area contributed by atoms with Gasteiger partial charge in [-0.25, -0.2) is 4.79 Å². The molecule has 1 fully saturated rings. The van der Waals surface area contributed by atoms with Crippen molar-refractivity contribution >= 4 is 17.9 Å². The second-order valence-corrected chi connectivity index (χ2v) is 3.69. The molecule has 94 valence electrons. The molecule has 1 aliphatic heterocycles. The number of amides is 3. The summed E-state index contributed by atoms with van der Waals surface area (Å²) in [5, 5.41) is 0.615. The van der Waals surface area contributed by atoms with Crippen molar-refractivity contribution in [1.29, 1.82) is 0 Å². The summed E-state index contributed by atoms with van der Waals surface area (Å²) in [6, 6.07) is 8.56. The Morgan fingerprint density at radius 2 is 2.00 bits per heavy atom. The first-order chi connectivity index (χ1) is 8.65. The van der Waals surface area contributed by atoms with Gasteiger partial charge in [-0.15, -0.1) is 0 Å². The third-order valence-corrected chi connectivity index (χ3v) is 2.53. The van der Waals surface area contributed by atoms with Gasteiger partial charge in [0.1, 0.15) is 5.92 Å². The van der Waals surface area contributed by atoms with Gasteiger partial charge in [0.15, 0.2) is 0 Å². The Kier molecular flexibility index (Phi) is 3.27. The number of nitrogens with one attached hydrogen (secondary N) is 1. The van der Waals surface area contributed by atoms with Crippen LogP contribution in [0.5, 0.6) is 0 Å². The molecule has 6 nitrogen and oxygen atoms in total. The highest BCUT2D eigenvalue weighted by Gasteiger charge is 2.44. The molecule has 0 radical (unpaired) electrons. The highest BCUT2D eigenvalue weighted by Crippen LogP contribution is 2.23. The molecule has 0 bridgehead atoms. The molecule has 18 heavy (non-hydrogen) atoms. The summed E-state index contributed by atoms with van der Waals surface area (Å²) >= 11 is 0. The summed E-state index contributed by atoms with van der Waals surface area (Å²) in [5.41, 5.74) is 2.76. The number of ether oxygens (including phenoxy) is 1.